The van der Waals surface area contributed by atoms with E-state index in [2.05, 4.69) is 25.6 Å². The van der Waals surface area contributed by atoms with Gasteiger partial charge in [-0.3, -0.25) is 19.9 Å². The maximum Gasteiger partial charge on any atom is 0.280 e. The van der Waals surface area contributed by atoms with Crippen molar-refractivity contribution in [2.24, 2.45) is 10.7 Å². The number of nitrogen functional groups attached to an aromatic ring is 2. The Hall–Kier alpha value is -3.40. The van der Waals surface area contributed by atoms with E-state index >= 15 is 0 Å². The van der Waals surface area contributed by atoms with Crippen molar-refractivity contribution >= 4 is 41.0 Å². The average Bonchev–Trinajstić information content (AvgIpc) is 2.71. The predicted octanol–water partition coefficient (Wildman–Crippen LogP) is 1.11. The van der Waals surface area contributed by atoms with Crippen molar-refractivity contribution < 1.29 is 9.59 Å². The Labute approximate surface area is 179 Å². The first-order chi connectivity index (χ1) is 14.3. The van der Waals surface area contributed by atoms with Gasteiger partial charge in [0.05, 0.1) is 0 Å². The smallest absolute Gasteiger partial charge is 0.280 e. The molecule has 0 saturated heterocycles. The highest BCUT2D eigenvalue weighted by molar-refractivity contribution is 6.31. The fourth-order valence-corrected chi connectivity index (χ4v) is 2.68. The summed E-state index contributed by atoms with van der Waals surface area (Å²) in [6.45, 7) is 2.91. The van der Waals surface area contributed by atoms with Crippen LogP contribution in [0.1, 0.15) is 46.2 Å². The van der Waals surface area contributed by atoms with Gasteiger partial charge in [-0.2, -0.15) is 0 Å². The summed E-state index contributed by atoms with van der Waals surface area (Å²) < 4.78 is 0. The van der Waals surface area contributed by atoms with E-state index in [0.717, 1.165) is 24.8 Å². The second-order valence-corrected chi connectivity index (χ2v) is 6.73. The van der Waals surface area contributed by atoms with Crippen LogP contribution in [-0.2, 0) is 6.42 Å². The van der Waals surface area contributed by atoms with Crippen LogP contribution in [0.15, 0.2) is 29.3 Å². The Morgan fingerprint density at radius 1 is 1.07 bits per heavy atom. The summed E-state index contributed by atoms with van der Waals surface area (Å²) in [5.74, 6) is -1.02. The predicted molar refractivity (Wildman–Crippen MR) is 117 cm³/mol. The van der Waals surface area contributed by atoms with E-state index in [4.69, 9.17) is 28.8 Å². The fraction of sp³-hybridized carbons (Fsp3) is 0.316. The normalized spacial score (nSPS) is 11.2. The van der Waals surface area contributed by atoms with Gasteiger partial charge in [-0.25, -0.2) is 9.97 Å². The Morgan fingerprint density at radius 2 is 1.77 bits per heavy atom. The van der Waals surface area contributed by atoms with E-state index < -0.39 is 5.91 Å². The molecular weight excluding hydrogens is 408 g/mol. The lowest BCUT2D eigenvalue weighted by Gasteiger charge is -2.07. The SMILES string of the molecule is CCNC(=O)c1ccc(CCCCN=C(N)NC(=O)c2nc(Cl)c(N)nc2N)cc1. The van der Waals surface area contributed by atoms with Gasteiger partial charge >= 0.3 is 0 Å². The number of benzene rings is 1. The zero-order valence-electron chi connectivity index (χ0n) is 16.6. The number of hydrogen-bond donors (Lipinski definition) is 5. The molecule has 2 rings (SSSR count). The van der Waals surface area contributed by atoms with E-state index in [0.29, 0.717) is 18.7 Å². The molecule has 0 radical (unpaired) electrons. The monoisotopic (exact) mass is 432 g/mol. The summed E-state index contributed by atoms with van der Waals surface area (Å²) in [4.78, 5) is 35.5. The van der Waals surface area contributed by atoms with E-state index in [9.17, 15) is 9.59 Å². The maximum absolute atomic E-state index is 12.1. The molecule has 0 saturated carbocycles. The van der Waals surface area contributed by atoms with Crippen LogP contribution in [0.25, 0.3) is 0 Å². The van der Waals surface area contributed by atoms with Crippen LogP contribution in [0.5, 0.6) is 0 Å². The van der Waals surface area contributed by atoms with Gasteiger partial charge in [0.15, 0.2) is 28.4 Å². The molecule has 0 aliphatic carbocycles. The first-order valence-electron chi connectivity index (χ1n) is 9.38. The van der Waals surface area contributed by atoms with Crippen molar-refractivity contribution in [3.63, 3.8) is 0 Å². The summed E-state index contributed by atoms with van der Waals surface area (Å²) in [5.41, 5.74) is 18.4. The summed E-state index contributed by atoms with van der Waals surface area (Å²) in [7, 11) is 0. The number of halogens is 1. The zero-order valence-corrected chi connectivity index (χ0v) is 17.4. The average molecular weight is 433 g/mol. The molecule has 0 atom stereocenters. The van der Waals surface area contributed by atoms with Crippen molar-refractivity contribution in [2.75, 3.05) is 24.6 Å². The number of aryl methyl sites for hydroxylation is 1. The molecule has 30 heavy (non-hydrogen) atoms. The lowest BCUT2D eigenvalue weighted by atomic mass is 10.1. The number of nitrogens with one attached hydrogen (secondary N) is 2. The fourth-order valence-electron chi connectivity index (χ4n) is 2.55. The number of nitrogens with two attached hydrogens (primary N) is 3. The third-order valence-corrected chi connectivity index (χ3v) is 4.35. The van der Waals surface area contributed by atoms with E-state index in [1.807, 2.05) is 31.2 Å². The maximum atomic E-state index is 12.1. The number of guanidine groups is 1. The summed E-state index contributed by atoms with van der Waals surface area (Å²) in [6.07, 6.45) is 2.48. The quantitative estimate of drug-likeness (QED) is 0.236. The molecule has 11 heteroatoms. The van der Waals surface area contributed by atoms with Crippen LogP contribution >= 0.6 is 11.6 Å². The van der Waals surface area contributed by atoms with Crippen molar-refractivity contribution in [3.05, 3.63) is 46.2 Å². The van der Waals surface area contributed by atoms with Crippen molar-refractivity contribution in [1.29, 1.82) is 0 Å². The Balaban J connectivity index is 1.77. The van der Waals surface area contributed by atoms with E-state index in [-0.39, 0.29) is 34.3 Å². The standard InChI is InChI=1S/C19H25ClN8O2/c1-2-24-17(29)12-8-6-11(7-9-12)5-3-4-10-25-19(23)28-18(30)13-15(21)27-16(22)14(20)26-13/h6-9H,2-5,10H2,1H3,(H,24,29)(H4,21,22,27)(H3,23,25,28,30). The Kier molecular flexibility index (Phi) is 8.36. The summed E-state index contributed by atoms with van der Waals surface area (Å²) >= 11 is 5.76. The number of unbranched alkanes of at least 4 members (excludes halogenated alkanes) is 1. The minimum atomic E-state index is -0.671. The van der Waals surface area contributed by atoms with Gasteiger partial charge in [-0.15, -0.1) is 0 Å². The van der Waals surface area contributed by atoms with Gasteiger partial charge in [-0.05, 0) is 43.9 Å². The van der Waals surface area contributed by atoms with Gasteiger partial charge in [0.2, 0.25) is 0 Å². The zero-order chi connectivity index (χ0) is 22.1. The lowest BCUT2D eigenvalue weighted by molar-refractivity contribution is 0.0952. The topological polar surface area (TPSA) is 174 Å². The Morgan fingerprint density at radius 3 is 2.43 bits per heavy atom. The number of nitrogens with zero attached hydrogens (tertiary/aromatic N) is 3. The second-order valence-electron chi connectivity index (χ2n) is 6.37. The van der Waals surface area contributed by atoms with E-state index in [1.54, 1.807) is 0 Å². The molecule has 8 N–H and O–H groups in total. The summed E-state index contributed by atoms with van der Waals surface area (Å²) in [6, 6.07) is 7.49. The van der Waals surface area contributed by atoms with Crippen LogP contribution in [-0.4, -0.2) is 40.8 Å². The molecule has 0 aliphatic heterocycles. The minimum Gasteiger partial charge on any atom is -0.382 e. The highest BCUT2D eigenvalue weighted by Crippen LogP contribution is 2.17. The Bertz CT molecular complexity index is 931. The molecule has 10 nitrogen and oxygen atoms in total. The number of hydrogen-bond acceptors (Lipinski definition) is 7. The van der Waals surface area contributed by atoms with E-state index in [1.165, 1.54) is 0 Å². The molecule has 2 aromatic rings. The molecular formula is C19H25ClN8O2. The van der Waals surface area contributed by atoms with Crippen molar-refractivity contribution in [1.82, 2.24) is 20.6 Å². The molecule has 160 valence electrons. The van der Waals surface area contributed by atoms with Gasteiger partial charge in [0.25, 0.3) is 11.8 Å². The number of aliphatic imine (C=N–C) groups is 1. The highest BCUT2D eigenvalue weighted by Gasteiger charge is 2.16. The van der Waals surface area contributed by atoms with Crippen molar-refractivity contribution in [2.45, 2.75) is 26.2 Å². The third kappa shape index (κ3) is 6.59. The molecule has 1 aromatic carbocycles. The second kappa shape index (κ2) is 11.0. The number of anilines is 2. The van der Waals surface area contributed by atoms with Gasteiger partial charge < -0.3 is 22.5 Å². The van der Waals surface area contributed by atoms with Gasteiger partial charge in [-0.1, -0.05) is 23.7 Å². The van der Waals surface area contributed by atoms with Gasteiger partial charge in [0, 0.05) is 18.7 Å². The molecule has 0 aliphatic rings. The number of amides is 2. The number of carbonyl (C=O) groups excluding carboxylic acids is 2. The number of carbonyl (C=O) groups is 2. The summed E-state index contributed by atoms with van der Waals surface area (Å²) in [5, 5.41) is 5.03. The molecule has 1 heterocycles. The molecule has 0 fully saturated rings. The number of aromatic nitrogens is 2. The first-order valence-corrected chi connectivity index (χ1v) is 9.76. The van der Waals surface area contributed by atoms with Crippen LogP contribution in [0.2, 0.25) is 5.15 Å². The highest BCUT2D eigenvalue weighted by atomic mass is 35.5. The first kappa shape index (κ1) is 22.9. The van der Waals surface area contributed by atoms with Crippen LogP contribution in [0, 0.1) is 0 Å². The molecule has 1 aromatic heterocycles. The number of rotatable bonds is 8. The van der Waals surface area contributed by atoms with Crippen LogP contribution < -0.4 is 27.8 Å². The molecule has 0 bridgehead atoms. The van der Waals surface area contributed by atoms with Gasteiger partial charge in [0.1, 0.15) is 0 Å². The van der Waals surface area contributed by atoms with Crippen LogP contribution in [0.3, 0.4) is 0 Å². The third-order valence-electron chi connectivity index (χ3n) is 4.07. The van der Waals surface area contributed by atoms with Crippen LogP contribution in [0.4, 0.5) is 11.6 Å². The molecule has 0 unspecified atom stereocenters. The molecule has 0 spiro atoms. The molecule has 2 amide bonds. The largest absolute Gasteiger partial charge is 0.382 e. The lowest BCUT2D eigenvalue weighted by Crippen LogP contribution is -2.38. The minimum absolute atomic E-state index is 0.0552. The van der Waals surface area contributed by atoms with Crippen molar-refractivity contribution in [3.8, 4) is 0 Å².